The van der Waals surface area contributed by atoms with Crippen molar-refractivity contribution in [2.24, 2.45) is 0 Å². The zero-order valence-corrected chi connectivity index (χ0v) is 15.0. The van der Waals surface area contributed by atoms with E-state index in [0.717, 1.165) is 33.5 Å². The monoisotopic (exact) mass is 363 g/mol. The van der Waals surface area contributed by atoms with Crippen molar-refractivity contribution in [2.75, 3.05) is 7.11 Å². The van der Waals surface area contributed by atoms with E-state index in [0.29, 0.717) is 12.2 Å². The number of amides is 1. The van der Waals surface area contributed by atoms with Gasteiger partial charge in [-0.2, -0.15) is 11.3 Å². The van der Waals surface area contributed by atoms with Crippen LogP contribution < -0.4 is 10.1 Å². The molecule has 0 spiro atoms. The van der Waals surface area contributed by atoms with Gasteiger partial charge >= 0.3 is 0 Å². The van der Waals surface area contributed by atoms with E-state index < -0.39 is 0 Å². The normalized spacial score (nSPS) is 10.8. The fraction of sp³-hybridized carbons (Fsp3) is 0.100. The Labute approximate surface area is 154 Å². The molecule has 1 aromatic carbocycles. The van der Waals surface area contributed by atoms with Crippen LogP contribution in [0, 0.1) is 0 Å². The van der Waals surface area contributed by atoms with E-state index >= 15 is 0 Å². The van der Waals surface area contributed by atoms with Gasteiger partial charge in [-0.1, -0.05) is 6.07 Å². The van der Waals surface area contributed by atoms with Crippen molar-refractivity contribution in [2.45, 2.75) is 6.54 Å². The molecule has 0 atom stereocenters. The molecule has 3 heterocycles. The maximum atomic E-state index is 12.5. The van der Waals surface area contributed by atoms with E-state index in [4.69, 9.17) is 4.74 Å². The Morgan fingerprint density at radius 2 is 2.19 bits per heavy atom. The van der Waals surface area contributed by atoms with Gasteiger partial charge in [-0.3, -0.25) is 9.78 Å². The van der Waals surface area contributed by atoms with Crippen molar-refractivity contribution in [3.8, 4) is 17.0 Å². The molecule has 3 aromatic heterocycles. The first-order chi connectivity index (χ1) is 12.7. The van der Waals surface area contributed by atoms with Crippen LogP contribution in [0.5, 0.6) is 5.75 Å². The average molecular weight is 363 g/mol. The number of benzene rings is 1. The third-order valence-electron chi connectivity index (χ3n) is 4.20. The van der Waals surface area contributed by atoms with Crippen molar-refractivity contribution >= 4 is 28.1 Å². The minimum atomic E-state index is -0.153. The second-order valence-electron chi connectivity index (χ2n) is 5.84. The van der Waals surface area contributed by atoms with Crippen molar-refractivity contribution in [1.82, 2.24) is 15.3 Å². The molecule has 0 radical (unpaired) electrons. The number of thiophene rings is 1. The van der Waals surface area contributed by atoms with E-state index in [1.807, 2.05) is 47.8 Å². The molecule has 4 rings (SSSR count). The zero-order valence-electron chi connectivity index (χ0n) is 14.2. The fourth-order valence-corrected chi connectivity index (χ4v) is 3.51. The van der Waals surface area contributed by atoms with Crippen LogP contribution in [0.15, 0.2) is 59.4 Å². The van der Waals surface area contributed by atoms with Crippen molar-refractivity contribution < 1.29 is 9.53 Å². The number of rotatable bonds is 5. The topological polar surface area (TPSA) is 67.0 Å². The summed E-state index contributed by atoms with van der Waals surface area (Å²) in [5.41, 5.74) is 4.34. The van der Waals surface area contributed by atoms with E-state index in [1.165, 1.54) is 0 Å². The smallest absolute Gasteiger partial charge is 0.267 e. The molecule has 0 bridgehead atoms. The number of fused-ring (bicyclic) bond motifs is 1. The SMILES string of the molecule is COc1ccc2cc(C(=O)NCc3cccnc3-c3ccsc3)[nH]c2c1. The van der Waals surface area contributed by atoms with Gasteiger partial charge < -0.3 is 15.0 Å². The van der Waals surface area contributed by atoms with Crippen LogP contribution in [0.25, 0.3) is 22.2 Å². The zero-order chi connectivity index (χ0) is 17.9. The molecule has 26 heavy (non-hydrogen) atoms. The van der Waals surface area contributed by atoms with Crippen LogP contribution in [0.2, 0.25) is 0 Å². The number of nitrogens with one attached hydrogen (secondary N) is 2. The third-order valence-corrected chi connectivity index (χ3v) is 4.88. The summed E-state index contributed by atoms with van der Waals surface area (Å²) in [5.74, 6) is 0.599. The molecule has 0 aliphatic rings. The highest BCUT2D eigenvalue weighted by Gasteiger charge is 2.12. The Morgan fingerprint density at radius 1 is 1.27 bits per heavy atom. The Bertz CT molecular complexity index is 1050. The number of pyridine rings is 1. The number of methoxy groups -OCH3 is 1. The van der Waals surface area contributed by atoms with Gasteiger partial charge in [-0.15, -0.1) is 0 Å². The van der Waals surface area contributed by atoms with Crippen LogP contribution >= 0.6 is 11.3 Å². The predicted molar refractivity (Wildman–Crippen MR) is 104 cm³/mol. The molecular weight excluding hydrogens is 346 g/mol. The van der Waals surface area contributed by atoms with E-state index in [2.05, 4.69) is 20.7 Å². The first-order valence-corrected chi connectivity index (χ1v) is 9.10. The standard InChI is InChI=1S/C20H17N3O2S/c1-25-16-5-4-13-9-18(23-17(13)10-16)20(24)22-11-14-3-2-7-21-19(14)15-6-8-26-12-15/h2-10,12,23H,11H2,1H3,(H,22,24). The van der Waals surface area contributed by atoms with Crippen molar-refractivity contribution in [1.29, 1.82) is 0 Å². The van der Waals surface area contributed by atoms with Crippen LogP contribution in [0.4, 0.5) is 0 Å². The van der Waals surface area contributed by atoms with Gasteiger partial charge in [0.1, 0.15) is 11.4 Å². The second-order valence-corrected chi connectivity index (χ2v) is 6.62. The Morgan fingerprint density at radius 3 is 3.00 bits per heavy atom. The largest absolute Gasteiger partial charge is 0.497 e. The molecule has 1 amide bonds. The summed E-state index contributed by atoms with van der Waals surface area (Å²) in [7, 11) is 1.62. The van der Waals surface area contributed by atoms with Crippen molar-refractivity contribution in [3.05, 3.63) is 70.7 Å². The first kappa shape index (κ1) is 16.4. The minimum Gasteiger partial charge on any atom is -0.497 e. The number of hydrogen-bond donors (Lipinski definition) is 2. The maximum Gasteiger partial charge on any atom is 0.267 e. The van der Waals surface area contributed by atoms with Crippen LogP contribution in [-0.4, -0.2) is 23.0 Å². The van der Waals surface area contributed by atoms with E-state index in [9.17, 15) is 4.79 Å². The summed E-state index contributed by atoms with van der Waals surface area (Å²) < 4.78 is 5.22. The van der Waals surface area contributed by atoms with Crippen LogP contribution in [0.1, 0.15) is 16.1 Å². The molecule has 0 saturated carbocycles. The summed E-state index contributed by atoms with van der Waals surface area (Å²) >= 11 is 1.63. The highest BCUT2D eigenvalue weighted by Crippen LogP contribution is 2.24. The quantitative estimate of drug-likeness (QED) is 0.558. The van der Waals surface area contributed by atoms with Gasteiger partial charge in [0.15, 0.2) is 0 Å². The average Bonchev–Trinajstić information content (AvgIpc) is 3.35. The van der Waals surface area contributed by atoms with Crippen LogP contribution in [-0.2, 0) is 6.54 Å². The predicted octanol–water partition coefficient (Wildman–Crippen LogP) is 4.23. The molecule has 0 aliphatic heterocycles. The highest BCUT2D eigenvalue weighted by molar-refractivity contribution is 7.08. The van der Waals surface area contributed by atoms with Gasteiger partial charge in [-0.25, -0.2) is 0 Å². The molecule has 130 valence electrons. The lowest BCUT2D eigenvalue weighted by Crippen LogP contribution is -2.23. The molecular formula is C20H17N3O2S. The number of H-pyrrole nitrogens is 1. The van der Waals surface area contributed by atoms with Gasteiger partial charge in [0.25, 0.3) is 5.91 Å². The minimum absolute atomic E-state index is 0.153. The Kier molecular flexibility index (Phi) is 4.41. The number of ether oxygens (including phenoxy) is 1. The number of aromatic nitrogens is 2. The number of aromatic amines is 1. The lowest BCUT2D eigenvalue weighted by atomic mass is 10.1. The first-order valence-electron chi connectivity index (χ1n) is 8.16. The summed E-state index contributed by atoms with van der Waals surface area (Å²) in [6.07, 6.45) is 1.77. The molecule has 6 heteroatoms. The number of nitrogens with zero attached hydrogens (tertiary/aromatic N) is 1. The Balaban J connectivity index is 1.53. The van der Waals surface area contributed by atoms with Gasteiger partial charge in [0.2, 0.25) is 0 Å². The summed E-state index contributed by atoms with van der Waals surface area (Å²) in [4.78, 5) is 20.1. The summed E-state index contributed by atoms with van der Waals surface area (Å²) in [5, 5.41) is 8.01. The molecule has 4 aromatic rings. The van der Waals surface area contributed by atoms with E-state index in [1.54, 1.807) is 24.6 Å². The summed E-state index contributed by atoms with van der Waals surface area (Å²) in [6.45, 7) is 0.413. The van der Waals surface area contributed by atoms with Crippen LogP contribution in [0.3, 0.4) is 0 Å². The molecule has 2 N–H and O–H groups in total. The van der Waals surface area contributed by atoms with Gasteiger partial charge in [0, 0.05) is 40.7 Å². The molecule has 0 saturated heterocycles. The lowest BCUT2D eigenvalue weighted by molar-refractivity contribution is 0.0947. The fourth-order valence-electron chi connectivity index (χ4n) is 2.87. The third kappa shape index (κ3) is 3.19. The second kappa shape index (κ2) is 7.01. The van der Waals surface area contributed by atoms with Gasteiger partial charge in [0.05, 0.1) is 12.8 Å². The Hall–Kier alpha value is -3.12. The number of hydrogen-bond acceptors (Lipinski definition) is 4. The highest BCUT2D eigenvalue weighted by atomic mass is 32.1. The van der Waals surface area contributed by atoms with E-state index in [-0.39, 0.29) is 5.91 Å². The maximum absolute atomic E-state index is 12.5. The lowest BCUT2D eigenvalue weighted by Gasteiger charge is -2.08. The number of carbonyl (C=O) groups excluding carboxylic acids is 1. The number of carbonyl (C=O) groups is 1. The van der Waals surface area contributed by atoms with Crippen molar-refractivity contribution in [3.63, 3.8) is 0 Å². The summed E-state index contributed by atoms with van der Waals surface area (Å²) in [6, 6.07) is 13.4. The molecule has 0 aliphatic carbocycles. The molecule has 0 unspecified atom stereocenters. The van der Waals surface area contributed by atoms with Gasteiger partial charge in [-0.05, 0) is 41.3 Å². The molecule has 5 nitrogen and oxygen atoms in total. The molecule has 0 fully saturated rings.